The Morgan fingerprint density at radius 3 is 2.70 bits per heavy atom. The first-order valence-electron chi connectivity index (χ1n) is 7.41. The summed E-state index contributed by atoms with van der Waals surface area (Å²) in [4.78, 5) is 10.9. The number of carboxylic acids is 1. The number of carboxylic acid groups (broad SMARTS) is 1. The first-order valence-corrected chi connectivity index (χ1v) is 7.79. The summed E-state index contributed by atoms with van der Waals surface area (Å²) in [5.41, 5.74) is 1.16. The second-order valence-electron chi connectivity index (χ2n) is 5.49. The molecule has 1 heterocycles. The highest BCUT2D eigenvalue weighted by molar-refractivity contribution is 6.32. The van der Waals surface area contributed by atoms with E-state index in [2.05, 4.69) is 10.2 Å². The molecule has 1 aromatic heterocycles. The van der Waals surface area contributed by atoms with Crippen LogP contribution >= 0.6 is 11.6 Å². The number of nitrogens with zero attached hydrogens (tertiary/aromatic N) is 1. The van der Waals surface area contributed by atoms with Gasteiger partial charge in [0.05, 0.1) is 23.9 Å². The maximum atomic E-state index is 10.9. The lowest BCUT2D eigenvalue weighted by atomic mass is 10.1. The molecule has 1 aliphatic carbocycles. The molecule has 0 spiro atoms. The van der Waals surface area contributed by atoms with E-state index in [-0.39, 0.29) is 11.8 Å². The lowest BCUT2D eigenvalue weighted by Crippen LogP contribution is -2.12. The van der Waals surface area contributed by atoms with Gasteiger partial charge >= 0.3 is 5.97 Å². The molecule has 0 atom stereocenters. The molecule has 2 N–H and O–H groups in total. The normalized spacial score (nSPS) is 14.9. The predicted octanol–water partition coefficient (Wildman–Crippen LogP) is 3.76. The van der Waals surface area contributed by atoms with Gasteiger partial charge in [-0.05, 0) is 43.9 Å². The van der Waals surface area contributed by atoms with Crippen LogP contribution in [0.5, 0.6) is 11.5 Å². The van der Waals surface area contributed by atoms with Crippen molar-refractivity contribution in [3.8, 4) is 22.8 Å². The van der Waals surface area contributed by atoms with E-state index in [1.807, 2.05) is 0 Å². The highest BCUT2D eigenvalue weighted by Crippen LogP contribution is 2.41. The van der Waals surface area contributed by atoms with Crippen LogP contribution in [-0.2, 0) is 0 Å². The van der Waals surface area contributed by atoms with Crippen LogP contribution < -0.4 is 9.47 Å². The quantitative estimate of drug-likeness (QED) is 0.868. The van der Waals surface area contributed by atoms with E-state index in [1.165, 1.54) is 6.07 Å². The maximum absolute atomic E-state index is 10.9. The van der Waals surface area contributed by atoms with Crippen molar-refractivity contribution in [1.82, 2.24) is 10.2 Å². The Bertz CT molecular complexity index is 723. The average molecular weight is 337 g/mol. The summed E-state index contributed by atoms with van der Waals surface area (Å²) in [6.07, 6.45) is 4.52. The van der Waals surface area contributed by atoms with E-state index >= 15 is 0 Å². The minimum atomic E-state index is -1.07. The molecule has 6 nitrogen and oxygen atoms in total. The third-order valence-corrected chi connectivity index (χ3v) is 4.20. The molecule has 1 fully saturated rings. The standard InChI is InChI=1S/C16H17ClN2O4/c1-22-14-7-9(12-8-13(16(20)21)19-18-12)6-11(17)15(14)23-10-4-2-3-5-10/h6-8,10H,2-5H2,1H3,(H,18,19)(H,20,21). The molecule has 0 amide bonds. The summed E-state index contributed by atoms with van der Waals surface area (Å²) in [5.74, 6) is -0.0268. The number of benzene rings is 1. The molecule has 1 saturated carbocycles. The number of rotatable bonds is 5. The molecule has 1 aliphatic rings. The van der Waals surface area contributed by atoms with Crippen LogP contribution in [0, 0.1) is 0 Å². The summed E-state index contributed by atoms with van der Waals surface area (Å²) < 4.78 is 11.4. The number of aromatic nitrogens is 2. The first-order chi connectivity index (χ1) is 11.1. The molecule has 3 rings (SSSR count). The number of hydrogen-bond acceptors (Lipinski definition) is 4. The number of H-pyrrole nitrogens is 1. The van der Waals surface area contributed by atoms with Gasteiger partial charge in [-0.15, -0.1) is 0 Å². The Hall–Kier alpha value is -2.21. The van der Waals surface area contributed by atoms with E-state index in [9.17, 15) is 4.79 Å². The van der Waals surface area contributed by atoms with E-state index in [4.69, 9.17) is 26.2 Å². The van der Waals surface area contributed by atoms with Crippen LogP contribution in [0.3, 0.4) is 0 Å². The molecule has 0 radical (unpaired) electrons. The summed E-state index contributed by atoms with van der Waals surface area (Å²) in [6.45, 7) is 0. The zero-order chi connectivity index (χ0) is 16.4. The molecule has 0 bridgehead atoms. The molecular formula is C16H17ClN2O4. The molecule has 2 aromatic rings. The highest BCUT2D eigenvalue weighted by Gasteiger charge is 2.21. The summed E-state index contributed by atoms with van der Waals surface area (Å²) in [6, 6.07) is 4.90. The number of aromatic amines is 1. The molecule has 7 heteroatoms. The van der Waals surface area contributed by atoms with Gasteiger partial charge in [0.1, 0.15) is 5.69 Å². The van der Waals surface area contributed by atoms with Gasteiger partial charge in [0.15, 0.2) is 11.5 Å². The second kappa shape index (κ2) is 6.50. The van der Waals surface area contributed by atoms with Crippen molar-refractivity contribution >= 4 is 17.6 Å². The second-order valence-corrected chi connectivity index (χ2v) is 5.89. The minimum Gasteiger partial charge on any atom is -0.493 e. The lowest BCUT2D eigenvalue weighted by Gasteiger charge is -2.17. The number of nitrogens with one attached hydrogen (secondary N) is 1. The molecule has 0 aliphatic heterocycles. The third kappa shape index (κ3) is 3.27. The predicted molar refractivity (Wildman–Crippen MR) is 85.4 cm³/mol. The smallest absolute Gasteiger partial charge is 0.353 e. The fourth-order valence-electron chi connectivity index (χ4n) is 2.73. The monoisotopic (exact) mass is 336 g/mol. The van der Waals surface area contributed by atoms with E-state index in [1.54, 1.807) is 19.2 Å². The summed E-state index contributed by atoms with van der Waals surface area (Å²) in [7, 11) is 1.55. The van der Waals surface area contributed by atoms with E-state index < -0.39 is 5.97 Å². The molecule has 122 valence electrons. The number of methoxy groups -OCH3 is 1. The summed E-state index contributed by atoms with van der Waals surface area (Å²) in [5, 5.41) is 15.8. The molecule has 23 heavy (non-hydrogen) atoms. The van der Waals surface area contributed by atoms with Gasteiger partial charge in [0.25, 0.3) is 0 Å². The van der Waals surface area contributed by atoms with Crippen LogP contribution in [-0.4, -0.2) is 34.5 Å². The van der Waals surface area contributed by atoms with E-state index in [0.29, 0.717) is 27.8 Å². The van der Waals surface area contributed by atoms with E-state index in [0.717, 1.165) is 25.7 Å². The lowest BCUT2D eigenvalue weighted by molar-refractivity contribution is 0.0690. The topological polar surface area (TPSA) is 84.4 Å². The Morgan fingerprint density at radius 2 is 2.09 bits per heavy atom. The molecule has 1 aromatic carbocycles. The van der Waals surface area contributed by atoms with Crippen LogP contribution in [0.4, 0.5) is 0 Å². The maximum Gasteiger partial charge on any atom is 0.353 e. The Kier molecular flexibility index (Phi) is 4.43. The van der Waals surface area contributed by atoms with Crippen molar-refractivity contribution in [2.45, 2.75) is 31.8 Å². The Labute approximate surface area is 138 Å². The number of ether oxygens (including phenoxy) is 2. The molecule has 0 saturated heterocycles. The average Bonchev–Trinajstić information content (AvgIpc) is 3.20. The van der Waals surface area contributed by atoms with Gasteiger partial charge in [0, 0.05) is 5.56 Å². The Balaban J connectivity index is 1.93. The van der Waals surface area contributed by atoms with Crippen molar-refractivity contribution in [3.63, 3.8) is 0 Å². The van der Waals surface area contributed by atoms with Crippen molar-refractivity contribution in [1.29, 1.82) is 0 Å². The van der Waals surface area contributed by atoms with Gasteiger partial charge < -0.3 is 14.6 Å². The van der Waals surface area contributed by atoms with Crippen LogP contribution in [0.25, 0.3) is 11.3 Å². The zero-order valence-electron chi connectivity index (χ0n) is 12.6. The fraction of sp³-hybridized carbons (Fsp3) is 0.375. The number of hydrogen-bond donors (Lipinski definition) is 2. The van der Waals surface area contributed by atoms with Gasteiger partial charge in [-0.3, -0.25) is 5.10 Å². The van der Waals surface area contributed by atoms with Crippen molar-refractivity contribution in [3.05, 3.63) is 28.9 Å². The SMILES string of the molecule is COc1cc(-c2cc(C(=O)O)[nH]n2)cc(Cl)c1OC1CCCC1. The van der Waals surface area contributed by atoms with Gasteiger partial charge in [-0.2, -0.15) is 5.10 Å². The highest BCUT2D eigenvalue weighted by atomic mass is 35.5. The molecule has 0 unspecified atom stereocenters. The number of aromatic carboxylic acids is 1. The van der Waals surface area contributed by atoms with Crippen molar-refractivity contribution in [2.24, 2.45) is 0 Å². The first kappa shape index (κ1) is 15.7. The third-order valence-electron chi connectivity index (χ3n) is 3.92. The minimum absolute atomic E-state index is 0.0152. The number of halogens is 1. The van der Waals surface area contributed by atoms with Crippen molar-refractivity contribution in [2.75, 3.05) is 7.11 Å². The summed E-state index contributed by atoms with van der Waals surface area (Å²) >= 11 is 6.35. The van der Waals surface area contributed by atoms with Crippen LogP contribution in [0.15, 0.2) is 18.2 Å². The van der Waals surface area contributed by atoms with Gasteiger partial charge in [-0.1, -0.05) is 11.6 Å². The largest absolute Gasteiger partial charge is 0.493 e. The molecular weight excluding hydrogens is 320 g/mol. The van der Waals surface area contributed by atoms with Crippen molar-refractivity contribution < 1.29 is 19.4 Å². The zero-order valence-corrected chi connectivity index (χ0v) is 13.4. The fourth-order valence-corrected chi connectivity index (χ4v) is 2.99. The van der Waals surface area contributed by atoms with Crippen LogP contribution in [0.1, 0.15) is 36.2 Å². The Morgan fingerprint density at radius 1 is 1.35 bits per heavy atom. The van der Waals surface area contributed by atoms with Gasteiger partial charge in [0.2, 0.25) is 0 Å². The van der Waals surface area contributed by atoms with Gasteiger partial charge in [-0.25, -0.2) is 4.79 Å². The van der Waals surface area contributed by atoms with Crippen LogP contribution in [0.2, 0.25) is 5.02 Å². The number of carbonyl (C=O) groups is 1.